The molecule has 1 aliphatic heterocycles. The van der Waals surface area contributed by atoms with E-state index >= 15 is 0 Å². The summed E-state index contributed by atoms with van der Waals surface area (Å²) in [5, 5.41) is 16.4. The second kappa shape index (κ2) is 9.76. The fourth-order valence-electron chi connectivity index (χ4n) is 3.97. The van der Waals surface area contributed by atoms with Crippen molar-refractivity contribution in [2.24, 2.45) is 0 Å². The summed E-state index contributed by atoms with van der Waals surface area (Å²) in [7, 11) is 1.68. The molecule has 7 nitrogen and oxygen atoms in total. The summed E-state index contributed by atoms with van der Waals surface area (Å²) in [6.45, 7) is 2.66. The fourth-order valence-corrected chi connectivity index (χ4v) is 3.97. The lowest BCUT2D eigenvalue weighted by atomic mass is 9.93. The first kappa shape index (κ1) is 21.1. The van der Waals surface area contributed by atoms with Gasteiger partial charge < -0.3 is 19.7 Å². The first-order valence-corrected chi connectivity index (χ1v) is 10.5. The molecule has 0 atom stereocenters. The molecule has 4 rings (SSSR count). The lowest BCUT2D eigenvalue weighted by molar-refractivity contribution is 0.0987. The van der Waals surface area contributed by atoms with Crippen LogP contribution >= 0.6 is 0 Å². The molecule has 162 valence electrons. The average Bonchev–Trinajstić information content (AvgIpc) is 3.30. The monoisotopic (exact) mass is 421 g/mol. The molecule has 1 aliphatic rings. The molecule has 1 amide bonds. The van der Waals surface area contributed by atoms with Gasteiger partial charge in [-0.2, -0.15) is 0 Å². The molecule has 1 aromatic heterocycles. The highest BCUT2D eigenvalue weighted by Crippen LogP contribution is 2.29. The number of likely N-dealkylation sites (tertiary alicyclic amines) is 1. The number of aromatic nitrogens is 1. The summed E-state index contributed by atoms with van der Waals surface area (Å²) in [4.78, 5) is 15.0. The van der Waals surface area contributed by atoms with E-state index in [1.54, 1.807) is 31.4 Å². The summed E-state index contributed by atoms with van der Waals surface area (Å²) in [5.74, 6) is 0.968. The van der Waals surface area contributed by atoms with Gasteiger partial charge in [0.1, 0.15) is 5.75 Å². The lowest BCUT2D eigenvalue weighted by Crippen LogP contribution is -2.32. The maximum Gasteiger partial charge on any atom is 0.294 e. The zero-order chi connectivity index (χ0) is 21.6. The van der Waals surface area contributed by atoms with Crippen LogP contribution in [0.25, 0.3) is 0 Å². The Balaban J connectivity index is 1.33. The molecule has 31 heavy (non-hydrogen) atoms. The predicted octanol–water partition coefficient (Wildman–Crippen LogP) is 3.81. The standard InChI is InChI=1S/C24H27N3O4/c1-30-20-7-4-5-17(13-20)15-27-11-9-18(10-12-27)22-14-23(31-26-22)24(29)25-21-8-3-2-6-19(21)16-28/h2-8,13-14,18,28H,9-12,15-16H2,1H3,(H,25,29). The Morgan fingerprint density at radius 1 is 1.19 bits per heavy atom. The van der Waals surface area contributed by atoms with Gasteiger partial charge in [-0.1, -0.05) is 35.5 Å². The van der Waals surface area contributed by atoms with Crippen molar-refractivity contribution in [2.75, 3.05) is 25.5 Å². The number of aliphatic hydroxyl groups excluding tert-OH is 1. The van der Waals surface area contributed by atoms with Crippen molar-refractivity contribution in [3.63, 3.8) is 0 Å². The number of benzene rings is 2. The molecule has 1 fully saturated rings. The highest BCUT2D eigenvalue weighted by Gasteiger charge is 2.25. The fraction of sp³-hybridized carbons (Fsp3) is 0.333. The van der Waals surface area contributed by atoms with Crippen molar-refractivity contribution in [2.45, 2.75) is 31.9 Å². The van der Waals surface area contributed by atoms with Crippen molar-refractivity contribution < 1.29 is 19.2 Å². The van der Waals surface area contributed by atoms with Gasteiger partial charge in [-0.25, -0.2) is 0 Å². The van der Waals surface area contributed by atoms with Gasteiger partial charge in [0.25, 0.3) is 5.91 Å². The third-order valence-electron chi connectivity index (χ3n) is 5.73. The first-order chi connectivity index (χ1) is 15.2. The van der Waals surface area contributed by atoms with Gasteiger partial charge in [-0.3, -0.25) is 9.69 Å². The zero-order valence-electron chi connectivity index (χ0n) is 17.6. The molecule has 0 aliphatic carbocycles. The number of amides is 1. The van der Waals surface area contributed by atoms with Crippen LogP contribution in [0.15, 0.2) is 59.1 Å². The Morgan fingerprint density at radius 2 is 2.00 bits per heavy atom. The molecule has 2 aromatic carbocycles. The minimum atomic E-state index is -0.366. The number of nitrogens with one attached hydrogen (secondary N) is 1. The zero-order valence-corrected chi connectivity index (χ0v) is 17.6. The number of methoxy groups -OCH3 is 1. The third-order valence-corrected chi connectivity index (χ3v) is 5.73. The smallest absolute Gasteiger partial charge is 0.294 e. The highest BCUT2D eigenvalue weighted by molar-refractivity contribution is 6.02. The minimum absolute atomic E-state index is 0.146. The first-order valence-electron chi connectivity index (χ1n) is 10.5. The topological polar surface area (TPSA) is 87.8 Å². The van der Waals surface area contributed by atoms with Crippen molar-refractivity contribution in [3.05, 3.63) is 77.2 Å². The Morgan fingerprint density at radius 3 is 2.77 bits per heavy atom. The Bertz CT molecular complexity index is 1020. The van der Waals surface area contributed by atoms with Gasteiger partial charge in [0.15, 0.2) is 0 Å². The van der Waals surface area contributed by atoms with Crippen molar-refractivity contribution in [1.29, 1.82) is 0 Å². The second-order valence-electron chi connectivity index (χ2n) is 7.79. The summed E-state index contributed by atoms with van der Waals surface area (Å²) < 4.78 is 10.6. The number of aliphatic hydroxyl groups is 1. The molecule has 1 saturated heterocycles. The van der Waals surface area contributed by atoms with E-state index in [4.69, 9.17) is 9.26 Å². The van der Waals surface area contributed by atoms with Crippen LogP contribution in [-0.2, 0) is 13.2 Å². The van der Waals surface area contributed by atoms with Gasteiger partial charge in [-0.15, -0.1) is 0 Å². The molecule has 0 unspecified atom stereocenters. The van der Waals surface area contributed by atoms with E-state index in [0.717, 1.165) is 43.9 Å². The quantitative estimate of drug-likeness (QED) is 0.603. The average molecular weight is 421 g/mol. The molecule has 2 heterocycles. The van der Waals surface area contributed by atoms with Crippen LogP contribution in [0, 0.1) is 0 Å². The van der Waals surface area contributed by atoms with Crippen LogP contribution in [0.3, 0.4) is 0 Å². The Hall–Kier alpha value is -3.16. The van der Waals surface area contributed by atoms with Crippen LogP contribution in [0.2, 0.25) is 0 Å². The molecule has 0 spiro atoms. The van der Waals surface area contributed by atoms with Crippen LogP contribution in [0.1, 0.15) is 46.1 Å². The van der Waals surface area contributed by atoms with Gasteiger partial charge in [0, 0.05) is 29.8 Å². The number of para-hydroxylation sites is 1. The highest BCUT2D eigenvalue weighted by atomic mass is 16.5. The number of rotatable bonds is 7. The number of hydrogen-bond acceptors (Lipinski definition) is 6. The summed E-state index contributed by atoms with van der Waals surface area (Å²) in [6.07, 6.45) is 1.93. The third kappa shape index (κ3) is 5.13. The lowest BCUT2D eigenvalue weighted by Gasteiger charge is -2.31. The molecule has 0 radical (unpaired) electrons. The molecular weight excluding hydrogens is 394 g/mol. The van der Waals surface area contributed by atoms with Gasteiger partial charge in [0.2, 0.25) is 5.76 Å². The minimum Gasteiger partial charge on any atom is -0.497 e. The number of hydrogen-bond donors (Lipinski definition) is 2. The number of anilines is 1. The number of carbonyl (C=O) groups excluding carboxylic acids is 1. The summed E-state index contributed by atoms with van der Waals surface area (Å²) >= 11 is 0. The Labute approximate surface area is 181 Å². The molecule has 0 bridgehead atoms. The van der Waals surface area contributed by atoms with E-state index in [1.165, 1.54) is 5.56 Å². The summed E-state index contributed by atoms with van der Waals surface area (Å²) in [6, 6.07) is 17.0. The maximum absolute atomic E-state index is 12.5. The van der Waals surface area contributed by atoms with Crippen LogP contribution < -0.4 is 10.1 Å². The molecule has 0 saturated carbocycles. The number of carbonyl (C=O) groups is 1. The van der Waals surface area contributed by atoms with Crippen LogP contribution in [0.4, 0.5) is 5.69 Å². The number of ether oxygens (including phenoxy) is 1. The van der Waals surface area contributed by atoms with Gasteiger partial charge >= 0.3 is 0 Å². The molecule has 7 heteroatoms. The second-order valence-corrected chi connectivity index (χ2v) is 7.79. The Kier molecular flexibility index (Phi) is 6.64. The molecule has 3 aromatic rings. The van der Waals surface area contributed by atoms with Crippen molar-refractivity contribution >= 4 is 11.6 Å². The van der Waals surface area contributed by atoms with E-state index in [9.17, 15) is 9.90 Å². The van der Waals surface area contributed by atoms with E-state index in [0.29, 0.717) is 11.3 Å². The van der Waals surface area contributed by atoms with E-state index in [1.807, 2.05) is 18.2 Å². The van der Waals surface area contributed by atoms with Crippen molar-refractivity contribution in [1.82, 2.24) is 10.1 Å². The summed E-state index contributed by atoms with van der Waals surface area (Å²) in [5.41, 5.74) is 3.28. The normalized spacial score (nSPS) is 15.0. The van der Waals surface area contributed by atoms with E-state index in [-0.39, 0.29) is 24.2 Å². The van der Waals surface area contributed by atoms with Gasteiger partial charge in [0.05, 0.1) is 19.4 Å². The van der Waals surface area contributed by atoms with Crippen molar-refractivity contribution in [3.8, 4) is 5.75 Å². The van der Waals surface area contributed by atoms with E-state index in [2.05, 4.69) is 27.5 Å². The van der Waals surface area contributed by atoms with Gasteiger partial charge in [-0.05, 0) is 49.7 Å². The number of nitrogens with zero attached hydrogens (tertiary/aromatic N) is 2. The largest absolute Gasteiger partial charge is 0.497 e. The van der Waals surface area contributed by atoms with E-state index < -0.39 is 0 Å². The number of piperidine rings is 1. The molecule has 2 N–H and O–H groups in total. The van der Waals surface area contributed by atoms with Crippen LogP contribution in [-0.4, -0.2) is 41.3 Å². The van der Waals surface area contributed by atoms with Crippen LogP contribution in [0.5, 0.6) is 5.75 Å². The molecular formula is C24H27N3O4. The SMILES string of the molecule is COc1cccc(CN2CCC(c3cc(C(=O)Nc4ccccc4CO)on3)CC2)c1. The maximum atomic E-state index is 12.5. The predicted molar refractivity (Wildman–Crippen MR) is 117 cm³/mol.